The van der Waals surface area contributed by atoms with E-state index in [9.17, 15) is 9.59 Å². The highest BCUT2D eigenvalue weighted by Crippen LogP contribution is 2.12. The molecule has 1 fully saturated rings. The number of aromatic nitrogens is 2. The van der Waals surface area contributed by atoms with E-state index in [1.807, 2.05) is 29.8 Å². The van der Waals surface area contributed by atoms with Gasteiger partial charge in [-0.05, 0) is 19.1 Å². The van der Waals surface area contributed by atoms with Crippen molar-refractivity contribution in [3.63, 3.8) is 0 Å². The predicted molar refractivity (Wildman–Crippen MR) is 73.5 cm³/mol. The van der Waals surface area contributed by atoms with Crippen molar-refractivity contribution in [3.05, 3.63) is 35.8 Å². The Kier molecular flexibility index (Phi) is 3.14. The van der Waals surface area contributed by atoms with Gasteiger partial charge in [-0.15, -0.1) is 0 Å². The van der Waals surface area contributed by atoms with E-state index in [0.29, 0.717) is 31.7 Å². The number of piperazine rings is 1. The number of fused-ring (bicyclic) bond motifs is 1. The summed E-state index contributed by atoms with van der Waals surface area (Å²) >= 11 is 0. The fourth-order valence-corrected chi connectivity index (χ4v) is 2.45. The van der Waals surface area contributed by atoms with E-state index in [4.69, 9.17) is 0 Å². The standard InChI is InChI=1S/C14H16N4O2/c1-11-9-18-3-2-12(8-13(18)15-11)14(20)17-6-4-16(10-19)5-7-17/h2-3,8-10H,4-7H2,1H3. The number of aryl methyl sites for hydroxylation is 1. The van der Waals surface area contributed by atoms with Gasteiger partial charge in [-0.1, -0.05) is 0 Å². The maximum atomic E-state index is 12.4. The van der Waals surface area contributed by atoms with Gasteiger partial charge in [-0.2, -0.15) is 0 Å². The molecule has 0 spiro atoms. The van der Waals surface area contributed by atoms with Crippen molar-refractivity contribution in [1.29, 1.82) is 0 Å². The van der Waals surface area contributed by atoms with Gasteiger partial charge in [0.25, 0.3) is 5.91 Å². The van der Waals surface area contributed by atoms with Crippen molar-refractivity contribution >= 4 is 18.0 Å². The van der Waals surface area contributed by atoms with Crippen LogP contribution in [0.4, 0.5) is 0 Å². The van der Waals surface area contributed by atoms with Crippen molar-refractivity contribution in [1.82, 2.24) is 19.2 Å². The molecule has 1 saturated heterocycles. The quantitative estimate of drug-likeness (QED) is 0.750. The van der Waals surface area contributed by atoms with Crippen LogP contribution in [-0.2, 0) is 4.79 Å². The molecule has 0 aromatic carbocycles. The van der Waals surface area contributed by atoms with Gasteiger partial charge in [0, 0.05) is 44.1 Å². The Morgan fingerprint density at radius 2 is 2.05 bits per heavy atom. The number of amides is 2. The van der Waals surface area contributed by atoms with Crippen LogP contribution in [0.1, 0.15) is 16.1 Å². The molecule has 2 aromatic heterocycles. The van der Waals surface area contributed by atoms with Gasteiger partial charge in [0.05, 0.1) is 5.69 Å². The van der Waals surface area contributed by atoms with Crippen LogP contribution in [0.5, 0.6) is 0 Å². The molecule has 3 heterocycles. The molecule has 2 amide bonds. The monoisotopic (exact) mass is 272 g/mol. The summed E-state index contributed by atoms with van der Waals surface area (Å²) in [5, 5.41) is 0. The van der Waals surface area contributed by atoms with E-state index in [-0.39, 0.29) is 5.91 Å². The van der Waals surface area contributed by atoms with E-state index >= 15 is 0 Å². The van der Waals surface area contributed by atoms with Crippen LogP contribution in [-0.4, -0.2) is 57.7 Å². The molecule has 1 aliphatic rings. The Hall–Kier alpha value is -2.37. The van der Waals surface area contributed by atoms with Crippen LogP contribution < -0.4 is 0 Å². The molecule has 6 heteroatoms. The SMILES string of the molecule is Cc1cn2ccc(C(=O)N3CCN(C=O)CC3)cc2n1. The zero-order valence-corrected chi connectivity index (χ0v) is 11.3. The second-order valence-corrected chi connectivity index (χ2v) is 5.00. The van der Waals surface area contributed by atoms with Crippen LogP contribution in [0.15, 0.2) is 24.5 Å². The van der Waals surface area contributed by atoms with Gasteiger partial charge >= 0.3 is 0 Å². The van der Waals surface area contributed by atoms with Gasteiger partial charge in [0.1, 0.15) is 5.65 Å². The Morgan fingerprint density at radius 1 is 1.30 bits per heavy atom. The molecule has 0 bridgehead atoms. The average Bonchev–Trinajstić information content (AvgIpc) is 2.85. The summed E-state index contributed by atoms with van der Waals surface area (Å²) in [6.07, 6.45) is 4.61. The lowest BCUT2D eigenvalue weighted by molar-refractivity contribution is -0.119. The first kappa shape index (κ1) is 12.7. The number of hydrogen-bond donors (Lipinski definition) is 0. The number of rotatable bonds is 2. The van der Waals surface area contributed by atoms with Crippen molar-refractivity contribution in [2.75, 3.05) is 26.2 Å². The fraction of sp³-hybridized carbons (Fsp3) is 0.357. The molecule has 1 aliphatic heterocycles. The topological polar surface area (TPSA) is 57.9 Å². The smallest absolute Gasteiger partial charge is 0.254 e. The number of carbonyl (C=O) groups excluding carboxylic acids is 2. The Bertz CT molecular complexity index is 656. The van der Waals surface area contributed by atoms with Crippen LogP contribution in [0.25, 0.3) is 5.65 Å². The lowest BCUT2D eigenvalue weighted by Crippen LogP contribution is -2.48. The van der Waals surface area contributed by atoms with E-state index in [1.54, 1.807) is 15.9 Å². The lowest BCUT2D eigenvalue weighted by Gasteiger charge is -2.32. The zero-order valence-electron chi connectivity index (χ0n) is 11.3. The van der Waals surface area contributed by atoms with Crippen LogP contribution >= 0.6 is 0 Å². The van der Waals surface area contributed by atoms with Gasteiger partial charge in [0.2, 0.25) is 6.41 Å². The molecule has 6 nitrogen and oxygen atoms in total. The second kappa shape index (κ2) is 4.96. The van der Waals surface area contributed by atoms with E-state index in [1.165, 1.54) is 0 Å². The molecular weight excluding hydrogens is 256 g/mol. The first-order valence-corrected chi connectivity index (χ1v) is 6.61. The minimum atomic E-state index is -0.00120. The van der Waals surface area contributed by atoms with Crippen molar-refractivity contribution in [2.24, 2.45) is 0 Å². The summed E-state index contributed by atoms with van der Waals surface area (Å²) in [7, 11) is 0. The minimum absolute atomic E-state index is 0.00120. The molecular formula is C14H16N4O2. The Morgan fingerprint density at radius 3 is 2.75 bits per heavy atom. The molecule has 20 heavy (non-hydrogen) atoms. The number of imidazole rings is 1. The summed E-state index contributed by atoms with van der Waals surface area (Å²) in [6, 6.07) is 3.62. The molecule has 0 saturated carbocycles. The third kappa shape index (κ3) is 2.24. The average molecular weight is 272 g/mol. The van der Waals surface area contributed by atoms with E-state index < -0.39 is 0 Å². The second-order valence-electron chi connectivity index (χ2n) is 5.00. The van der Waals surface area contributed by atoms with Gasteiger partial charge in [0.15, 0.2) is 0 Å². The number of hydrogen-bond acceptors (Lipinski definition) is 3. The molecule has 0 radical (unpaired) electrons. The number of pyridine rings is 1. The third-order valence-electron chi connectivity index (χ3n) is 3.58. The predicted octanol–water partition coefficient (Wildman–Crippen LogP) is 0.557. The van der Waals surface area contributed by atoms with Crippen LogP contribution in [0.2, 0.25) is 0 Å². The number of carbonyl (C=O) groups is 2. The highest BCUT2D eigenvalue weighted by Gasteiger charge is 2.21. The highest BCUT2D eigenvalue weighted by molar-refractivity contribution is 5.95. The van der Waals surface area contributed by atoms with Crippen molar-refractivity contribution < 1.29 is 9.59 Å². The van der Waals surface area contributed by atoms with Crippen LogP contribution in [0.3, 0.4) is 0 Å². The molecule has 0 unspecified atom stereocenters. The van der Waals surface area contributed by atoms with E-state index in [0.717, 1.165) is 17.8 Å². The normalized spacial score (nSPS) is 15.7. The van der Waals surface area contributed by atoms with Crippen molar-refractivity contribution in [3.8, 4) is 0 Å². The molecule has 3 rings (SSSR count). The number of nitrogens with zero attached hydrogens (tertiary/aromatic N) is 4. The summed E-state index contributed by atoms with van der Waals surface area (Å²) < 4.78 is 1.90. The van der Waals surface area contributed by atoms with Crippen molar-refractivity contribution in [2.45, 2.75) is 6.92 Å². The summed E-state index contributed by atoms with van der Waals surface area (Å²) in [6.45, 7) is 4.28. The van der Waals surface area contributed by atoms with Gasteiger partial charge in [-0.3, -0.25) is 9.59 Å². The molecule has 104 valence electrons. The first-order valence-electron chi connectivity index (χ1n) is 6.61. The minimum Gasteiger partial charge on any atom is -0.342 e. The summed E-state index contributed by atoms with van der Waals surface area (Å²) in [5.74, 6) is -0.00120. The third-order valence-corrected chi connectivity index (χ3v) is 3.58. The Balaban J connectivity index is 1.80. The fourth-order valence-electron chi connectivity index (χ4n) is 2.45. The zero-order chi connectivity index (χ0) is 14.1. The molecule has 0 aliphatic carbocycles. The maximum Gasteiger partial charge on any atom is 0.254 e. The molecule has 2 aromatic rings. The lowest BCUT2D eigenvalue weighted by atomic mass is 10.2. The highest BCUT2D eigenvalue weighted by atomic mass is 16.2. The molecule has 0 atom stereocenters. The first-order chi connectivity index (χ1) is 9.67. The van der Waals surface area contributed by atoms with Gasteiger partial charge < -0.3 is 14.2 Å². The largest absolute Gasteiger partial charge is 0.342 e. The Labute approximate surface area is 116 Å². The van der Waals surface area contributed by atoms with Gasteiger partial charge in [-0.25, -0.2) is 4.98 Å². The van der Waals surface area contributed by atoms with Crippen LogP contribution in [0, 0.1) is 6.92 Å². The van der Waals surface area contributed by atoms with E-state index in [2.05, 4.69) is 4.98 Å². The maximum absolute atomic E-state index is 12.4. The molecule has 0 N–H and O–H groups in total. The summed E-state index contributed by atoms with van der Waals surface area (Å²) in [5.41, 5.74) is 2.34. The summed E-state index contributed by atoms with van der Waals surface area (Å²) in [4.78, 5) is 30.9.